The van der Waals surface area contributed by atoms with E-state index < -0.39 is 0 Å². The van der Waals surface area contributed by atoms with E-state index in [9.17, 15) is 0 Å². The lowest BCUT2D eigenvalue weighted by Gasteiger charge is -2.26. The molecule has 5 heteroatoms. The second-order valence-electron chi connectivity index (χ2n) is 4.42. The standard InChI is InChI=1S/C15H27N3O2/c1-4-19-10-8-18(9-11-20-5-2)15-13-17-7-6-14(15)12-16-3/h6-7,13,16H,4-5,8-12H2,1-3H3. The van der Waals surface area contributed by atoms with Gasteiger partial charge in [-0.2, -0.15) is 0 Å². The van der Waals surface area contributed by atoms with Gasteiger partial charge in [0.1, 0.15) is 0 Å². The molecule has 0 aliphatic heterocycles. The minimum Gasteiger partial charge on any atom is -0.380 e. The molecule has 1 aromatic rings. The zero-order valence-electron chi connectivity index (χ0n) is 12.9. The largest absolute Gasteiger partial charge is 0.380 e. The summed E-state index contributed by atoms with van der Waals surface area (Å²) in [4.78, 5) is 6.54. The molecule has 0 aliphatic carbocycles. The molecule has 114 valence electrons. The van der Waals surface area contributed by atoms with Gasteiger partial charge in [-0.25, -0.2) is 0 Å². The highest BCUT2D eigenvalue weighted by Crippen LogP contribution is 2.18. The monoisotopic (exact) mass is 281 g/mol. The van der Waals surface area contributed by atoms with Gasteiger partial charge >= 0.3 is 0 Å². The Morgan fingerprint density at radius 2 is 1.80 bits per heavy atom. The number of aromatic nitrogens is 1. The second kappa shape index (κ2) is 10.6. The normalized spacial score (nSPS) is 10.8. The van der Waals surface area contributed by atoms with Crippen molar-refractivity contribution in [3.8, 4) is 0 Å². The first kappa shape index (κ1) is 16.9. The molecule has 1 rings (SSSR count). The quantitative estimate of drug-likeness (QED) is 0.625. The van der Waals surface area contributed by atoms with Crippen LogP contribution >= 0.6 is 0 Å². The maximum Gasteiger partial charge on any atom is 0.0641 e. The van der Waals surface area contributed by atoms with Gasteiger partial charge in [0, 0.05) is 39.0 Å². The summed E-state index contributed by atoms with van der Waals surface area (Å²) in [5, 5.41) is 3.20. The number of hydrogen-bond donors (Lipinski definition) is 1. The van der Waals surface area contributed by atoms with E-state index in [4.69, 9.17) is 9.47 Å². The number of nitrogens with one attached hydrogen (secondary N) is 1. The van der Waals surface area contributed by atoms with Gasteiger partial charge in [0.15, 0.2) is 0 Å². The van der Waals surface area contributed by atoms with Gasteiger partial charge in [0.2, 0.25) is 0 Å². The van der Waals surface area contributed by atoms with Crippen LogP contribution in [0.15, 0.2) is 18.5 Å². The number of rotatable bonds is 11. The minimum atomic E-state index is 0.719. The first-order valence-electron chi connectivity index (χ1n) is 7.31. The van der Waals surface area contributed by atoms with Gasteiger partial charge in [0.25, 0.3) is 0 Å². The van der Waals surface area contributed by atoms with Gasteiger partial charge in [-0.15, -0.1) is 0 Å². The third-order valence-corrected chi connectivity index (χ3v) is 3.01. The van der Waals surface area contributed by atoms with Crippen molar-refractivity contribution in [2.45, 2.75) is 20.4 Å². The van der Waals surface area contributed by atoms with Crippen LogP contribution < -0.4 is 10.2 Å². The Morgan fingerprint density at radius 1 is 1.15 bits per heavy atom. The maximum atomic E-state index is 5.47. The van der Waals surface area contributed by atoms with Gasteiger partial charge in [0.05, 0.1) is 25.1 Å². The van der Waals surface area contributed by atoms with Crippen LogP contribution in [0.5, 0.6) is 0 Å². The van der Waals surface area contributed by atoms with Crippen molar-refractivity contribution in [1.29, 1.82) is 0 Å². The number of hydrogen-bond acceptors (Lipinski definition) is 5. The fourth-order valence-corrected chi connectivity index (χ4v) is 2.03. The van der Waals surface area contributed by atoms with E-state index >= 15 is 0 Å². The predicted octanol–water partition coefficient (Wildman–Crippen LogP) is 1.68. The highest BCUT2D eigenvalue weighted by molar-refractivity contribution is 5.51. The van der Waals surface area contributed by atoms with Crippen molar-refractivity contribution < 1.29 is 9.47 Å². The van der Waals surface area contributed by atoms with Gasteiger partial charge in [-0.3, -0.25) is 4.98 Å². The summed E-state index contributed by atoms with van der Waals surface area (Å²) >= 11 is 0. The highest BCUT2D eigenvalue weighted by Gasteiger charge is 2.11. The lowest BCUT2D eigenvalue weighted by molar-refractivity contribution is 0.141. The maximum absolute atomic E-state index is 5.47. The number of pyridine rings is 1. The van der Waals surface area contributed by atoms with E-state index in [1.165, 1.54) is 5.56 Å². The molecule has 0 amide bonds. The molecule has 0 aromatic carbocycles. The van der Waals surface area contributed by atoms with Gasteiger partial charge in [-0.05, 0) is 32.5 Å². The molecule has 1 N–H and O–H groups in total. The van der Waals surface area contributed by atoms with Crippen molar-refractivity contribution >= 4 is 5.69 Å². The zero-order chi connectivity index (χ0) is 14.6. The number of anilines is 1. The molecule has 5 nitrogen and oxygen atoms in total. The molecule has 0 bridgehead atoms. The molecule has 1 aromatic heterocycles. The van der Waals surface area contributed by atoms with Crippen molar-refractivity contribution in [1.82, 2.24) is 10.3 Å². The molecule has 0 fully saturated rings. The number of nitrogens with zero attached hydrogens (tertiary/aromatic N) is 2. The van der Waals surface area contributed by atoms with E-state index in [0.29, 0.717) is 0 Å². The third-order valence-electron chi connectivity index (χ3n) is 3.01. The van der Waals surface area contributed by atoms with E-state index in [2.05, 4.69) is 21.3 Å². The fourth-order valence-electron chi connectivity index (χ4n) is 2.03. The van der Waals surface area contributed by atoms with Gasteiger partial charge in [-0.1, -0.05) is 0 Å². The molecule has 0 radical (unpaired) electrons. The van der Waals surface area contributed by atoms with E-state index in [-0.39, 0.29) is 0 Å². The molecule has 0 atom stereocenters. The van der Waals surface area contributed by atoms with Crippen LogP contribution in [0.4, 0.5) is 5.69 Å². The molecule has 0 aliphatic rings. The Balaban J connectivity index is 2.73. The van der Waals surface area contributed by atoms with Crippen molar-refractivity contribution in [3.05, 3.63) is 24.0 Å². The number of ether oxygens (including phenoxy) is 2. The van der Waals surface area contributed by atoms with E-state index in [0.717, 1.165) is 51.7 Å². The summed E-state index contributed by atoms with van der Waals surface area (Å²) in [5.74, 6) is 0. The highest BCUT2D eigenvalue weighted by atomic mass is 16.5. The van der Waals surface area contributed by atoms with Crippen LogP contribution in [0.25, 0.3) is 0 Å². The second-order valence-corrected chi connectivity index (χ2v) is 4.42. The molecule has 1 heterocycles. The van der Waals surface area contributed by atoms with Gasteiger partial charge < -0.3 is 19.7 Å². The van der Waals surface area contributed by atoms with Crippen LogP contribution in [-0.2, 0) is 16.0 Å². The molecule has 0 saturated heterocycles. The average Bonchev–Trinajstić information content (AvgIpc) is 2.47. The Bertz CT molecular complexity index is 351. The Kier molecular flexibility index (Phi) is 8.95. The predicted molar refractivity (Wildman–Crippen MR) is 82.2 cm³/mol. The Morgan fingerprint density at radius 3 is 2.35 bits per heavy atom. The van der Waals surface area contributed by atoms with Crippen LogP contribution in [0, 0.1) is 0 Å². The molecule has 20 heavy (non-hydrogen) atoms. The summed E-state index contributed by atoms with van der Waals surface area (Å²) < 4.78 is 10.9. The Labute approximate surface area is 122 Å². The molecule has 0 saturated carbocycles. The lowest BCUT2D eigenvalue weighted by atomic mass is 10.2. The first-order chi connectivity index (χ1) is 9.83. The molecule has 0 unspecified atom stereocenters. The molecular weight excluding hydrogens is 254 g/mol. The minimum absolute atomic E-state index is 0.719. The summed E-state index contributed by atoms with van der Waals surface area (Å²) in [6.45, 7) is 9.49. The smallest absolute Gasteiger partial charge is 0.0641 e. The topological polar surface area (TPSA) is 46.6 Å². The first-order valence-corrected chi connectivity index (χ1v) is 7.31. The third kappa shape index (κ3) is 5.86. The SMILES string of the molecule is CCOCCN(CCOCC)c1cnccc1CNC. The summed E-state index contributed by atoms with van der Waals surface area (Å²) in [6.07, 6.45) is 3.75. The van der Waals surface area contributed by atoms with E-state index in [1.807, 2.05) is 33.3 Å². The van der Waals surface area contributed by atoms with Crippen LogP contribution in [0.1, 0.15) is 19.4 Å². The Hall–Kier alpha value is -1.17. The summed E-state index contributed by atoms with van der Waals surface area (Å²) in [7, 11) is 1.95. The van der Waals surface area contributed by atoms with Crippen LogP contribution in [0.3, 0.4) is 0 Å². The zero-order valence-corrected chi connectivity index (χ0v) is 12.9. The summed E-state index contributed by atoms with van der Waals surface area (Å²) in [5.41, 5.74) is 2.40. The van der Waals surface area contributed by atoms with Crippen molar-refractivity contribution in [2.75, 3.05) is 51.5 Å². The van der Waals surface area contributed by atoms with Crippen LogP contribution in [0.2, 0.25) is 0 Å². The van der Waals surface area contributed by atoms with Crippen LogP contribution in [-0.4, -0.2) is 51.5 Å². The average molecular weight is 281 g/mol. The summed E-state index contributed by atoms with van der Waals surface area (Å²) in [6, 6.07) is 2.06. The lowest BCUT2D eigenvalue weighted by Crippen LogP contribution is -2.32. The molecule has 0 spiro atoms. The fraction of sp³-hybridized carbons (Fsp3) is 0.667. The molecular formula is C15H27N3O2. The van der Waals surface area contributed by atoms with E-state index in [1.54, 1.807) is 0 Å². The van der Waals surface area contributed by atoms with Crippen molar-refractivity contribution in [2.24, 2.45) is 0 Å². The van der Waals surface area contributed by atoms with Crippen molar-refractivity contribution in [3.63, 3.8) is 0 Å².